The van der Waals surface area contributed by atoms with Gasteiger partial charge in [-0.1, -0.05) is 42.5 Å². The first-order valence-electron chi connectivity index (χ1n) is 9.22. The highest BCUT2D eigenvalue weighted by molar-refractivity contribution is 5.95. The summed E-state index contributed by atoms with van der Waals surface area (Å²) in [6.07, 6.45) is 0. The molecule has 0 aliphatic rings. The lowest BCUT2D eigenvalue weighted by Crippen LogP contribution is -2.21. The van der Waals surface area contributed by atoms with Gasteiger partial charge in [-0.15, -0.1) is 0 Å². The molecule has 0 amide bonds. The minimum absolute atomic E-state index is 0.0219. The minimum Gasteiger partial charge on any atom is -0.369 e. The molecule has 144 valence electrons. The zero-order valence-electron chi connectivity index (χ0n) is 16.4. The third-order valence-corrected chi connectivity index (χ3v) is 4.19. The fraction of sp³-hybridized carbons (Fsp3) is 0.227. The summed E-state index contributed by atoms with van der Waals surface area (Å²) in [6, 6.07) is 19.3. The van der Waals surface area contributed by atoms with Crippen molar-refractivity contribution in [3.8, 4) is 11.3 Å². The van der Waals surface area contributed by atoms with Gasteiger partial charge in [0, 0.05) is 36.0 Å². The Bertz CT molecular complexity index is 941. The molecule has 0 spiro atoms. The van der Waals surface area contributed by atoms with Crippen molar-refractivity contribution in [3.63, 3.8) is 0 Å². The number of rotatable bonds is 8. The summed E-state index contributed by atoms with van der Waals surface area (Å²) >= 11 is 0. The number of nitrogens with one attached hydrogen (secondary N) is 2. The maximum Gasteiger partial charge on any atom is 0.229 e. The van der Waals surface area contributed by atoms with Gasteiger partial charge in [-0.05, 0) is 33.2 Å². The highest BCUT2D eigenvalue weighted by atomic mass is 16.1. The van der Waals surface area contributed by atoms with E-state index in [2.05, 4.69) is 25.5 Å². The average Bonchev–Trinajstić information content (AvgIpc) is 2.68. The summed E-state index contributed by atoms with van der Waals surface area (Å²) in [6.45, 7) is 3.23. The van der Waals surface area contributed by atoms with Crippen LogP contribution < -0.4 is 10.6 Å². The lowest BCUT2D eigenvalue weighted by atomic mass is 10.1. The van der Waals surface area contributed by atoms with Gasteiger partial charge in [0.2, 0.25) is 5.95 Å². The van der Waals surface area contributed by atoms with Crippen molar-refractivity contribution in [2.24, 2.45) is 0 Å². The summed E-state index contributed by atoms with van der Waals surface area (Å²) in [5, 5.41) is 6.58. The van der Waals surface area contributed by atoms with Crippen molar-refractivity contribution >= 4 is 23.2 Å². The van der Waals surface area contributed by atoms with Gasteiger partial charge in [0.15, 0.2) is 5.78 Å². The van der Waals surface area contributed by atoms with Crippen LogP contribution in [0.4, 0.5) is 17.5 Å². The Kier molecular flexibility index (Phi) is 6.34. The Morgan fingerprint density at radius 1 is 1.00 bits per heavy atom. The second kappa shape index (κ2) is 9.10. The van der Waals surface area contributed by atoms with Crippen molar-refractivity contribution in [2.75, 3.05) is 37.8 Å². The Balaban J connectivity index is 1.90. The molecule has 0 saturated heterocycles. The predicted octanol–water partition coefficient (Wildman–Crippen LogP) is 4.06. The predicted molar refractivity (Wildman–Crippen MR) is 114 cm³/mol. The van der Waals surface area contributed by atoms with Gasteiger partial charge >= 0.3 is 0 Å². The first-order chi connectivity index (χ1) is 13.5. The highest BCUT2D eigenvalue weighted by Crippen LogP contribution is 2.23. The second-order valence-corrected chi connectivity index (χ2v) is 6.82. The quantitative estimate of drug-likeness (QED) is 0.579. The number of ketones is 1. The maximum atomic E-state index is 11.6. The summed E-state index contributed by atoms with van der Waals surface area (Å²) in [5.41, 5.74) is 3.26. The van der Waals surface area contributed by atoms with Crippen LogP contribution >= 0.6 is 0 Å². The van der Waals surface area contributed by atoms with E-state index in [-0.39, 0.29) is 5.78 Å². The van der Waals surface area contributed by atoms with E-state index in [0.717, 1.165) is 35.9 Å². The Labute approximate surface area is 165 Å². The fourth-order valence-electron chi connectivity index (χ4n) is 2.70. The average molecular weight is 375 g/mol. The van der Waals surface area contributed by atoms with Crippen LogP contribution in [0.1, 0.15) is 17.3 Å². The molecule has 3 rings (SSSR count). The molecule has 0 unspecified atom stereocenters. The van der Waals surface area contributed by atoms with Crippen LogP contribution in [0, 0.1) is 0 Å². The molecule has 3 aromatic rings. The summed E-state index contributed by atoms with van der Waals surface area (Å²) in [7, 11) is 4.07. The number of nitrogens with zero attached hydrogens (tertiary/aromatic N) is 3. The molecular formula is C22H25N5O. The monoisotopic (exact) mass is 375 g/mol. The van der Waals surface area contributed by atoms with Crippen molar-refractivity contribution < 1.29 is 4.79 Å². The van der Waals surface area contributed by atoms with Gasteiger partial charge in [-0.25, -0.2) is 4.98 Å². The molecule has 0 saturated carbocycles. The Morgan fingerprint density at radius 3 is 2.50 bits per heavy atom. The smallest absolute Gasteiger partial charge is 0.229 e. The van der Waals surface area contributed by atoms with Crippen molar-refractivity contribution in [2.45, 2.75) is 6.92 Å². The maximum absolute atomic E-state index is 11.6. The number of likely N-dealkylation sites (N-methyl/N-ethyl adjacent to an activating group) is 1. The summed E-state index contributed by atoms with van der Waals surface area (Å²) in [4.78, 5) is 23.0. The number of aromatic nitrogens is 2. The number of Topliss-reactive ketones (excluding diaryl/α,β-unsaturated/α-hetero) is 1. The zero-order valence-corrected chi connectivity index (χ0v) is 16.4. The molecule has 2 N–H and O–H groups in total. The molecule has 2 aromatic carbocycles. The molecule has 0 aliphatic heterocycles. The van der Waals surface area contributed by atoms with E-state index in [9.17, 15) is 4.79 Å². The SMILES string of the molecule is CC(=O)c1cccc(Nc2nc(NCCN(C)C)cc(-c3ccccc3)n2)c1. The van der Waals surface area contributed by atoms with Gasteiger partial charge < -0.3 is 15.5 Å². The second-order valence-electron chi connectivity index (χ2n) is 6.82. The largest absolute Gasteiger partial charge is 0.369 e. The van der Waals surface area contributed by atoms with Crippen LogP contribution in [-0.2, 0) is 0 Å². The highest BCUT2D eigenvalue weighted by Gasteiger charge is 2.08. The van der Waals surface area contributed by atoms with Crippen LogP contribution in [0.3, 0.4) is 0 Å². The third kappa shape index (κ3) is 5.37. The normalized spacial score (nSPS) is 10.7. The van der Waals surface area contributed by atoms with Crippen molar-refractivity contribution in [1.82, 2.24) is 14.9 Å². The van der Waals surface area contributed by atoms with Crippen LogP contribution in [0.2, 0.25) is 0 Å². The molecule has 28 heavy (non-hydrogen) atoms. The number of hydrogen-bond donors (Lipinski definition) is 2. The molecule has 0 fully saturated rings. The van der Waals surface area contributed by atoms with Crippen LogP contribution in [0.5, 0.6) is 0 Å². The van der Waals surface area contributed by atoms with Crippen LogP contribution in [0.25, 0.3) is 11.3 Å². The van der Waals surface area contributed by atoms with E-state index >= 15 is 0 Å². The van der Waals surface area contributed by atoms with E-state index in [0.29, 0.717) is 11.5 Å². The van der Waals surface area contributed by atoms with Gasteiger partial charge in [-0.3, -0.25) is 4.79 Å². The van der Waals surface area contributed by atoms with Gasteiger partial charge in [0.05, 0.1) is 5.69 Å². The molecule has 0 atom stereocenters. The molecule has 6 heteroatoms. The standard InChI is InChI=1S/C22H25N5O/c1-16(28)18-10-7-11-19(14-18)24-22-25-20(17-8-5-4-6-9-17)15-21(26-22)23-12-13-27(2)3/h4-11,14-15H,12-13H2,1-3H3,(H2,23,24,25,26). The van der Waals surface area contributed by atoms with Crippen LogP contribution in [-0.4, -0.2) is 47.8 Å². The molecule has 0 radical (unpaired) electrons. The van der Waals surface area contributed by atoms with Gasteiger partial charge in [0.25, 0.3) is 0 Å². The number of carbonyl (C=O) groups excluding carboxylic acids is 1. The van der Waals surface area contributed by atoms with Gasteiger partial charge in [-0.2, -0.15) is 4.98 Å². The summed E-state index contributed by atoms with van der Waals surface area (Å²) < 4.78 is 0. The van der Waals surface area contributed by atoms with Crippen molar-refractivity contribution in [1.29, 1.82) is 0 Å². The van der Waals surface area contributed by atoms with Crippen LogP contribution in [0.15, 0.2) is 60.7 Å². The molecule has 1 heterocycles. The molecule has 1 aromatic heterocycles. The third-order valence-electron chi connectivity index (χ3n) is 4.19. The lowest BCUT2D eigenvalue weighted by Gasteiger charge is -2.13. The fourth-order valence-corrected chi connectivity index (χ4v) is 2.70. The van der Waals surface area contributed by atoms with Gasteiger partial charge in [0.1, 0.15) is 5.82 Å². The number of benzene rings is 2. The minimum atomic E-state index is 0.0219. The molecular weight excluding hydrogens is 350 g/mol. The zero-order chi connectivity index (χ0) is 19.9. The van der Waals surface area contributed by atoms with E-state index in [1.165, 1.54) is 0 Å². The van der Waals surface area contributed by atoms with E-state index in [4.69, 9.17) is 0 Å². The first kappa shape index (κ1) is 19.5. The summed E-state index contributed by atoms with van der Waals surface area (Å²) in [5.74, 6) is 1.25. The Morgan fingerprint density at radius 2 is 1.79 bits per heavy atom. The first-order valence-corrected chi connectivity index (χ1v) is 9.22. The van der Waals surface area contributed by atoms with E-state index in [1.807, 2.05) is 62.6 Å². The van der Waals surface area contributed by atoms with E-state index in [1.54, 1.807) is 19.1 Å². The van der Waals surface area contributed by atoms with E-state index < -0.39 is 0 Å². The lowest BCUT2D eigenvalue weighted by molar-refractivity contribution is 0.101. The Hall–Kier alpha value is -3.25. The molecule has 0 aliphatic carbocycles. The topological polar surface area (TPSA) is 70.2 Å². The molecule has 6 nitrogen and oxygen atoms in total. The number of hydrogen-bond acceptors (Lipinski definition) is 6. The van der Waals surface area contributed by atoms with Crippen molar-refractivity contribution in [3.05, 3.63) is 66.2 Å². The number of anilines is 3. The number of carbonyl (C=O) groups is 1. The molecule has 0 bridgehead atoms.